The predicted octanol–water partition coefficient (Wildman–Crippen LogP) is 1.88. The van der Waals surface area contributed by atoms with Crippen LogP contribution < -0.4 is 5.32 Å². The lowest BCUT2D eigenvalue weighted by Crippen LogP contribution is -2.35. The van der Waals surface area contributed by atoms with Gasteiger partial charge < -0.3 is 14.8 Å². The molecular weight excluding hydrogens is 258 g/mol. The van der Waals surface area contributed by atoms with Gasteiger partial charge in [0.25, 0.3) is 5.91 Å². The van der Waals surface area contributed by atoms with E-state index in [2.05, 4.69) is 17.4 Å². The maximum Gasteiger partial charge on any atom is 0.371 e. The van der Waals surface area contributed by atoms with Crippen LogP contribution in [0.4, 0.5) is 0 Å². The standard InChI is InChI=1S/C15H13NO4/c17-14(12-5-6-13(20-12)15(18)19)16-11-7-9-3-1-2-4-10(9)8-11/h1-6,11H,7-8H2,(H,16,17)(H,18,19). The minimum Gasteiger partial charge on any atom is -0.475 e. The van der Waals surface area contributed by atoms with Crippen molar-refractivity contribution in [1.82, 2.24) is 5.32 Å². The highest BCUT2D eigenvalue weighted by Gasteiger charge is 2.24. The molecule has 1 amide bonds. The number of carboxylic acids is 1. The van der Waals surface area contributed by atoms with E-state index >= 15 is 0 Å². The van der Waals surface area contributed by atoms with Crippen molar-refractivity contribution in [2.24, 2.45) is 0 Å². The van der Waals surface area contributed by atoms with Gasteiger partial charge in [0.2, 0.25) is 5.76 Å². The van der Waals surface area contributed by atoms with Gasteiger partial charge in [-0.25, -0.2) is 4.79 Å². The lowest BCUT2D eigenvalue weighted by Gasteiger charge is -2.10. The molecule has 0 bridgehead atoms. The second-order valence-corrected chi connectivity index (χ2v) is 4.82. The summed E-state index contributed by atoms with van der Waals surface area (Å²) < 4.78 is 4.98. The highest BCUT2D eigenvalue weighted by molar-refractivity contribution is 5.93. The molecule has 5 nitrogen and oxygen atoms in total. The molecule has 0 unspecified atom stereocenters. The molecule has 1 heterocycles. The molecule has 1 aromatic carbocycles. The molecule has 2 aromatic rings. The first-order valence-electron chi connectivity index (χ1n) is 6.34. The van der Waals surface area contributed by atoms with Crippen molar-refractivity contribution in [3.63, 3.8) is 0 Å². The molecule has 0 radical (unpaired) electrons. The number of carbonyl (C=O) groups excluding carboxylic acids is 1. The fourth-order valence-corrected chi connectivity index (χ4v) is 2.49. The van der Waals surface area contributed by atoms with E-state index in [1.807, 2.05) is 12.1 Å². The first-order valence-corrected chi connectivity index (χ1v) is 6.34. The molecule has 1 aliphatic carbocycles. The smallest absolute Gasteiger partial charge is 0.371 e. The quantitative estimate of drug-likeness (QED) is 0.893. The Kier molecular flexibility index (Phi) is 3.02. The molecule has 20 heavy (non-hydrogen) atoms. The summed E-state index contributed by atoms with van der Waals surface area (Å²) in [4.78, 5) is 22.7. The zero-order chi connectivity index (χ0) is 14.1. The average Bonchev–Trinajstić information content (AvgIpc) is 3.04. The zero-order valence-corrected chi connectivity index (χ0v) is 10.6. The van der Waals surface area contributed by atoms with Crippen molar-refractivity contribution in [3.8, 4) is 0 Å². The summed E-state index contributed by atoms with van der Waals surface area (Å²) in [5.41, 5.74) is 2.48. The summed E-state index contributed by atoms with van der Waals surface area (Å²) in [6, 6.07) is 10.7. The molecule has 0 saturated heterocycles. The topological polar surface area (TPSA) is 79.5 Å². The number of carbonyl (C=O) groups is 2. The van der Waals surface area contributed by atoms with E-state index in [0.717, 1.165) is 12.8 Å². The molecule has 0 aliphatic heterocycles. The fraction of sp³-hybridized carbons (Fsp3) is 0.200. The Morgan fingerprint density at radius 3 is 2.20 bits per heavy atom. The van der Waals surface area contributed by atoms with Gasteiger partial charge in [0.15, 0.2) is 5.76 Å². The minimum atomic E-state index is -1.18. The minimum absolute atomic E-state index is 0.0262. The molecule has 1 aliphatic rings. The lowest BCUT2D eigenvalue weighted by molar-refractivity contribution is 0.0659. The Morgan fingerprint density at radius 1 is 1.05 bits per heavy atom. The van der Waals surface area contributed by atoms with Crippen molar-refractivity contribution in [2.45, 2.75) is 18.9 Å². The third-order valence-electron chi connectivity index (χ3n) is 3.43. The summed E-state index contributed by atoms with van der Waals surface area (Å²) in [5, 5.41) is 11.6. The summed E-state index contributed by atoms with van der Waals surface area (Å²) in [6.45, 7) is 0. The molecule has 1 aromatic heterocycles. The number of carboxylic acid groups (broad SMARTS) is 1. The third-order valence-corrected chi connectivity index (χ3v) is 3.43. The fourth-order valence-electron chi connectivity index (χ4n) is 2.49. The molecule has 0 saturated carbocycles. The highest BCUT2D eigenvalue weighted by Crippen LogP contribution is 2.22. The van der Waals surface area contributed by atoms with E-state index in [0.29, 0.717) is 0 Å². The second-order valence-electron chi connectivity index (χ2n) is 4.82. The van der Waals surface area contributed by atoms with E-state index in [1.54, 1.807) is 0 Å². The van der Waals surface area contributed by atoms with Gasteiger partial charge in [-0.05, 0) is 36.1 Å². The monoisotopic (exact) mass is 271 g/mol. The average molecular weight is 271 g/mol. The SMILES string of the molecule is O=C(O)c1ccc(C(=O)NC2Cc3ccccc3C2)o1. The van der Waals surface area contributed by atoms with E-state index in [-0.39, 0.29) is 23.5 Å². The zero-order valence-electron chi connectivity index (χ0n) is 10.6. The number of rotatable bonds is 3. The van der Waals surface area contributed by atoms with Gasteiger partial charge in [-0.15, -0.1) is 0 Å². The summed E-state index contributed by atoms with van der Waals surface area (Å²) >= 11 is 0. The number of benzene rings is 1. The number of hydrogen-bond acceptors (Lipinski definition) is 3. The van der Waals surface area contributed by atoms with Gasteiger partial charge >= 0.3 is 5.97 Å². The Labute approximate surface area is 115 Å². The number of aromatic carboxylic acids is 1. The third kappa shape index (κ3) is 2.30. The number of nitrogens with one attached hydrogen (secondary N) is 1. The van der Waals surface area contributed by atoms with Gasteiger partial charge in [0.1, 0.15) is 0 Å². The molecule has 102 valence electrons. The summed E-state index contributed by atoms with van der Waals surface area (Å²) in [7, 11) is 0. The molecule has 3 rings (SSSR count). The van der Waals surface area contributed by atoms with Crippen molar-refractivity contribution in [3.05, 3.63) is 59.0 Å². The second kappa shape index (κ2) is 4.85. The molecule has 0 atom stereocenters. The van der Waals surface area contributed by atoms with Gasteiger partial charge in [-0.3, -0.25) is 4.79 Å². The molecule has 5 heteroatoms. The Balaban J connectivity index is 1.67. The Morgan fingerprint density at radius 2 is 1.65 bits per heavy atom. The van der Waals surface area contributed by atoms with E-state index in [9.17, 15) is 9.59 Å². The molecule has 0 fully saturated rings. The molecular formula is C15H13NO4. The van der Waals surface area contributed by atoms with Crippen molar-refractivity contribution < 1.29 is 19.1 Å². The Hall–Kier alpha value is -2.56. The van der Waals surface area contributed by atoms with Crippen LogP contribution in [0, 0.1) is 0 Å². The van der Waals surface area contributed by atoms with Crippen molar-refractivity contribution in [2.75, 3.05) is 0 Å². The van der Waals surface area contributed by atoms with E-state index < -0.39 is 5.97 Å². The maximum atomic E-state index is 12.0. The van der Waals surface area contributed by atoms with Crippen LogP contribution >= 0.6 is 0 Å². The molecule has 2 N–H and O–H groups in total. The van der Waals surface area contributed by atoms with Crippen LogP contribution in [0.2, 0.25) is 0 Å². The van der Waals surface area contributed by atoms with Crippen LogP contribution in [0.15, 0.2) is 40.8 Å². The van der Waals surface area contributed by atoms with Crippen LogP contribution in [0.5, 0.6) is 0 Å². The maximum absolute atomic E-state index is 12.0. The van der Waals surface area contributed by atoms with Crippen molar-refractivity contribution in [1.29, 1.82) is 0 Å². The van der Waals surface area contributed by atoms with Crippen LogP contribution in [0.25, 0.3) is 0 Å². The van der Waals surface area contributed by atoms with Crippen molar-refractivity contribution >= 4 is 11.9 Å². The number of amides is 1. The highest BCUT2D eigenvalue weighted by atomic mass is 16.4. The van der Waals surface area contributed by atoms with Crippen LogP contribution in [0.1, 0.15) is 32.2 Å². The van der Waals surface area contributed by atoms with Crippen LogP contribution in [-0.2, 0) is 12.8 Å². The normalized spacial score (nSPS) is 14.0. The van der Waals surface area contributed by atoms with Crippen LogP contribution in [0.3, 0.4) is 0 Å². The lowest BCUT2D eigenvalue weighted by atomic mass is 10.1. The van der Waals surface area contributed by atoms with Gasteiger partial charge in [-0.2, -0.15) is 0 Å². The first-order chi connectivity index (χ1) is 9.63. The number of fused-ring (bicyclic) bond motifs is 1. The van der Waals surface area contributed by atoms with Gasteiger partial charge in [0.05, 0.1) is 0 Å². The summed E-state index contributed by atoms with van der Waals surface area (Å²) in [5.74, 6) is -1.77. The predicted molar refractivity (Wildman–Crippen MR) is 70.8 cm³/mol. The number of hydrogen-bond donors (Lipinski definition) is 2. The Bertz CT molecular complexity index is 649. The summed E-state index contributed by atoms with van der Waals surface area (Å²) in [6.07, 6.45) is 1.57. The van der Waals surface area contributed by atoms with E-state index in [1.165, 1.54) is 23.3 Å². The van der Waals surface area contributed by atoms with Gasteiger partial charge in [-0.1, -0.05) is 24.3 Å². The largest absolute Gasteiger partial charge is 0.475 e. The van der Waals surface area contributed by atoms with Gasteiger partial charge in [0, 0.05) is 6.04 Å². The number of furan rings is 1. The molecule has 0 spiro atoms. The van der Waals surface area contributed by atoms with E-state index in [4.69, 9.17) is 9.52 Å². The first kappa shape index (κ1) is 12.5. The van der Waals surface area contributed by atoms with Crippen LogP contribution in [-0.4, -0.2) is 23.0 Å².